The summed E-state index contributed by atoms with van der Waals surface area (Å²) in [6.07, 6.45) is 0. The Morgan fingerprint density at radius 1 is 1.25 bits per heavy atom. The molecule has 2 N–H and O–H groups in total. The minimum absolute atomic E-state index is 0.0867. The second-order valence-corrected chi connectivity index (χ2v) is 3.89. The van der Waals surface area contributed by atoms with Crippen molar-refractivity contribution in [2.75, 3.05) is 5.32 Å². The maximum Gasteiger partial charge on any atom is 0.304 e. The summed E-state index contributed by atoms with van der Waals surface area (Å²) in [5.41, 5.74) is -0.628. The number of nitrogens with one attached hydrogen (secondary N) is 1. The summed E-state index contributed by atoms with van der Waals surface area (Å²) < 4.78 is 13.4. The van der Waals surface area contributed by atoms with E-state index in [-0.39, 0.29) is 17.0 Å². The number of para-hydroxylation sites is 2. The number of nitro groups is 1. The quantitative estimate of drug-likeness (QED) is 0.512. The first kappa shape index (κ1) is 13.5. The van der Waals surface area contributed by atoms with E-state index >= 15 is 0 Å². The summed E-state index contributed by atoms with van der Waals surface area (Å²) in [6, 6.07) is 8.85. The molecule has 0 spiro atoms. The van der Waals surface area contributed by atoms with Crippen molar-refractivity contribution in [3.63, 3.8) is 0 Å². The van der Waals surface area contributed by atoms with E-state index in [4.69, 9.17) is 0 Å². The fourth-order valence-electron chi connectivity index (χ4n) is 1.57. The molecule has 2 rings (SSSR count). The number of phenols is 1. The number of carbonyl (C=O) groups excluding carboxylic acids is 1. The highest BCUT2D eigenvalue weighted by Gasteiger charge is 2.17. The zero-order valence-electron chi connectivity index (χ0n) is 10.0. The average molecular weight is 276 g/mol. The van der Waals surface area contributed by atoms with Gasteiger partial charge in [-0.3, -0.25) is 14.9 Å². The van der Waals surface area contributed by atoms with Crippen molar-refractivity contribution in [3.8, 4) is 5.75 Å². The smallest absolute Gasteiger partial charge is 0.304 e. The highest BCUT2D eigenvalue weighted by atomic mass is 19.1. The number of phenolic OH excluding ortho intramolecular Hbond substituents is 1. The molecule has 0 saturated heterocycles. The van der Waals surface area contributed by atoms with Crippen molar-refractivity contribution < 1.29 is 19.2 Å². The average Bonchev–Trinajstić information content (AvgIpc) is 2.40. The number of benzene rings is 2. The van der Waals surface area contributed by atoms with E-state index in [1.54, 1.807) is 12.1 Å². The Morgan fingerprint density at radius 2 is 1.95 bits per heavy atom. The molecule has 6 nitrogen and oxygen atoms in total. The number of hydrogen-bond donors (Lipinski definition) is 2. The lowest BCUT2D eigenvalue weighted by atomic mass is 10.1. The van der Waals surface area contributed by atoms with Gasteiger partial charge in [0, 0.05) is 11.6 Å². The van der Waals surface area contributed by atoms with E-state index in [1.807, 2.05) is 0 Å². The molecule has 0 unspecified atom stereocenters. The van der Waals surface area contributed by atoms with Gasteiger partial charge in [-0.2, -0.15) is 4.39 Å². The molecule has 1 amide bonds. The third-order valence-corrected chi connectivity index (χ3v) is 2.56. The van der Waals surface area contributed by atoms with Gasteiger partial charge in [-0.1, -0.05) is 12.1 Å². The fourth-order valence-corrected chi connectivity index (χ4v) is 1.57. The fraction of sp³-hybridized carbons (Fsp3) is 0. The van der Waals surface area contributed by atoms with Gasteiger partial charge in [0.25, 0.3) is 5.91 Å². The van der Waals surface area contributed by atoms with Crippen molar-refractivity contribution in [3.05, 3.63) is 64.0 Å². The maximum absolute atomic E-state index is 13.4. The SMILES string of the molecule is O=C(Nc1ccccc1O)c1ccc([N+](=O)[O-])c(F)c1. The number of aromatic hydroxyl groups is 1. The van der Waals surface area contributed by atoms with Gasteiger partial charge in [0.2, 0.25) is 5.82 Å². The molecule has 0 aromatic heterocycles. The van der Waals surface area contributed by atoms with Crippen LogP contribution in [0.15, 0.2) is 42.5 Å². The molecule has 0 saturated carbocycles. The number of amides is 1. The van der Waals surface area contributed by atoms with Crippen LogP contribution >= 0.6 is 0 Å². The van der Waals surface area contributed by atoms with Crippen LogP contribution in [0.1, 0.15) is 10.4 Å². The first-order valence-electron chi connectivity index (χ1n) is 5.52. The maximum atomic E-state index is 13.4. The highest BCUT2D eigenvalue weighted by Crippen LogP contribution is 2.23. The van der Waals surface area contributed by atoms with E-state index in [0.717, 1.165) is 18.2 Å². The van der Waals surface area contributed by atoms with Crippen LogP contribution in [0, 0.1) is 15.9 Å². The molecule has 0 aliphatic rings. The molecule has 2 aromatic rings. The predicted octanol–water partition coefficient (Wildman–Crippen LogP) is 2.69. The van der Waals surface area contributed by atoms with Gasteiger partial charge < -0.3 is 10.4 Å². The number of halogens is 1. The summed E-state index contributed by atoms with van der Waals surface area (Å²) >= 11 is 0. The second-order valence-electron chi connectivity index (χ2n) is 3.89. The van der Waals surface area contributed by atoms with Crippen molar-refractivity contribution in [2.24, 2.45) is 0 Å². The Morgan fingerprint density at radius 3 is 2.55 bits per heavy atom. The normalized spacial score (nSPS) is 10.1. The first-order chi connectivity index (χ1) is 9.49. The molecule has 0 fully saturated rings. The Kier molecular flexibility index (Phi) is 3.60. The third kappa shape index (κ3) is 2.72. The van der Waals surface area contributed by atoms with Gasteiger partial charge in [0.1, 0.15) is 5.75 Å². The number of rotatable bonds is 3. The molecule has 20 heavy (non-hydrogen) atoms. The third-order valence-electron chi connectivity index (χ3n) is 2.56. The Bertz CT molecular complexity index is 688. The Hall–Kier alpha value is -2.96. The minimum atomic E-state index is -1.10. The molecule has 0 heterocycles. The van der Waals surface area contributed by atoms with Crippen molar-refractivity contribution in [1.82, 2.24) is 0 Å². The van der Waals surface area contributed by atoms with Crippen LogP contribution in [0.5, 0.6) is 5.75 Å². The number of carbonyl (C=O) groups is 1. The summed E-state index contributed by atoms with van der Waals surface area (Å²) in [5, 5.41) is 22.3. The molecule has 0 radical (unpaired) electrons. The summed E-state index contributed by atoms with van der Waals surface area (Å²) in [4.78, 5) is 21.4. The molecule has 0 bridgehead atoms. The van der Waals surface area contributed by atoms with Gasteiger partial charge in [-0.15, -0.1) is 0 Å². The van der Waals surface area contributed by atoms with Crippen LogP contribution < -0.4 is 5.32 Å². The molecule has 7 heteroatoms. The van der Waals surface area contributed by atoms with Gasteiger partial charge in [0.15, 0.2) is 0 Å². The van der Waals surface area contributed by atoms with Gasteiger partial charge in [-0.05, 0) is 24.3 Å². The largest absolute Gasteiger partial charge is 0.506 e. The van der Waals surface area contributed by atoms with E-state index in [9.17, 15) is 24.4 Å². The first-order valence-corrected chi connectivity index (χ1v) is 5.52. The Labute approximate surface area is 112 Å². The van der Waals surface area contributed by atoms with Crippen molar-refractivity contribution in [2.45, 2.75) is 0 Å². The Balaban J connectivity index is 2.24. The lowest BCUT2D eigenvalue weighted by molar-refractivity contribution is -0.387. The summed E-state index contributed by atoms with van der Waals surface area (Å²) in [7, 11) is 0. The second kappa shape index (κ2) is 5.35. The van der Waals surface area contributed by atoms with Crippen LogP contribution in [0.4, 0.5) is 15.8 Å². The zero-order valence-corrected chi connectivity index (χ0v) is 10.0. The van der Waals surface area contributed by atoms with Gasteiger partial charge in [0.05, 0.1) is 10.6 Å². The number of anilines is 1. The highest BCUT2D eigenvalue weighted by molar-refractivity contribution is 6.05. The van der Waals surface area contributed by atoms with Crippen LogP contribution in [0.25, 0.3) is 0 Å². The molecular weight excluding hydrogens is 267 g/mol. The van der Waals surface area contributed by atoms with E-state index < -0.39 is 22.3 Å². The molecule has 0 atom stereocenters. The summed E-state index contributed by atoms with van der Waals surface area (Å²) in [6.45, 7) is 0. The molecule has 0 aliphatic heterocycles. The van der Waals surface area contributed by atoms with Crippen LogP contribution in [0.3, 0.4) is 0 Å². The number of nitro benzene ring substituents is 1. The van der Waals surface area contributed by atoms with E-state index in [1.165, 1.54) is 12.1 Å². The molecule has 102 valence electrons. The van der Waals surface area contributed by atoms with Crippen LogP contribution in [0.2, 0.25) is 0 Å². The van der Waals surface area contributed by atoms with Gasteiger partial charge >= 0.3 is 5.69 Å². The molecular formula is C13H9FN2O4. The molecule has 0 aliphatic carbocycles. The monoisotopic (exact) mass is 276 g/mol. The van der Waals surface area contributed by atoms with E-state index in [0.29, 0.717) is 0 Å². The predicted molar refractivity (Wildman–Crippen MR) is 69.1 cm³/mol. The van der Waals surface area contributed by atoms with Crippen molar-refractivity contribution >= 4 is 17.3 Å². The number of hydrogen-bond acceptors (Lipinski definition) is 4. The van der Waals surface area contributed by atoms with Crippen LogP contribution in [-0.2, 0) is 0 Å². The number of nitrogens with zero attached hydrogens (tertiary/aromatic N) is 1. The summed E-state index contributed by atoms with van der Waals surface area (Å²) in [5.74, 6) is -1.91. The standard InChI is InChI=1S/C13H9FN2O4/c14-9-7-8(5-6-11(9)16(19)20)13(18)15-10-3-1-2-4-12(10)17/h1-7,17H,(H,15,18). The lowest BCUT2D eigenvalue weighted by Gasteiger charge is -2.07. The van der Waals surface area contributed by atoms with Crippen molar-refractivity contribution in [1.29, 1.82) is 0 Å². The lowest BCUT2D eigenvalue weighted by Crippen LogP contribution is -2.12. The topological polar surface area (TPSA) is 92.5 Å². The molecule has 2 aromatic carbocycles. The van der Waals surface area contributed by atoms with Crippen LogP contribution in [-0.4, -0.2) is 15.9 Å². The minimum Gasteiger partial charge on any atom is -0.506 e. The van der Waals surface area contributed by atoms with Gasteiger partial charge in [-0.25, -0.2) is 0 Å². The zero-order chi connectivity index (χ0) is 14.7. The van der Waals surface area contributed by atoms with E-state index in [2.05, 4.69) is 5.32 Å².